The van der Waals surface area contributed by atoms with Crippen LogP contribution in [0.25, 0.3) is 0 Å². The number of benzene rings is 1. The van der Waals surface area contributed by atoms with Crippen LogP contribution in [0, 0.1) is 0 Å². The fourth-order valence-electron chi connectivity index (χ4n) is 2.07. The summed E-state index contributed by atoms with van der Waals surface area (Å²) in [6.07, 6.45) is 2.61. The van der Waals surface area contributed by atoms with Crippen LogP contribution in [0.3, 0.4) is 0 Å². The van der Waals surface area contributed by atoms with Crippen molar-refractivity contribution >= 4 is 14.1 Å². The van der Waals surface area contributed by atoms with E-state index in [1.807, 2.05) is 18.2 Å². The molecule has 0 saturated carbocycles. The highest BCUT2D eigenvalue weighted by molar-refractivity contribution is 6.70. The summed E-state index contributed by atoms with van der Waals surface area (Å²) in [5.41, 5.74) is 2.00. The van der Waals surface area contributed by atoms with E-state index in [2.05, 4.69) is 19.6 Å². The molecule has 0 aromatic heterocycles. The van der Waals surface area contributed by atoms with Gasteiger partial charge in [-0.15, -0.1) is 0 Å². The minimum atomic E-state index is -1.59. The summed E-state index contributed by atoms with van der Waals surface area (Å²) in [6.45, 7) is 6.49. The molecule has 86 valence electrons. The first-order valence-corrected chi connectivity index (χ1v) is 9.22. The van der Waals surface area contributed by atoms with E-state index < -0.39 is 8.32 Å². The van der Waals surface area contributed by atoms with Crippen molar-refractivity contribution in [1.82, 2.24) is 0 Å². The lowest BCUT2D eigenvalue weighted by Crippen LogP contribution is -2.30. The quantitative estimate of drug-likeness (QED) is 0.733. The van der Waals surface area contributed by atoms with Gasteiger partial charge in [0.1, 0.15) is 5.75 Å². The van der Waals surface area contributed by atoms with Gasteiger partial charge in [0.05, 0.1) is 0 Å². The monoisotopic (exact) mass is 234 g/mol. The van der Waals surface area contributed by atoms with Gasteiger partial charge >= 0.3 is 0 Å². The highest BCUT2D eigenvalue weighted by Gasteiger charge is 2.23. The first kappa shape index (κ1) is 11.4. The van der Waals surface area contributed by atoms with E-state index in [1.54, 1.807) is 0 Å². The number of fused-ring (bicyclic) bond motifs is 1. The van der Waals surface area contributed by atoms with Crippen molar-refractivity contribution in [3.8, 4) is 5.75 Å². The zero-order valence-corrected chi connectivity index (χ0v) is 11.2. The van der Waals surface area contributed by atoms with Gasteiger partial charge in [-0.3, -0.25) is 4.79 Å². The molecule has 0 bridgehead atoms. The maximum atomic E-state index is 11.8. The van der Waals surface area contributed by atoms with Crippen molar-refractivity contribution in [2.75, 3.05) is 0 Å². The molecule has 0 saturated heterocycles. The third-order valence-electron chi connectivity index (χ3n) is 2.68. The molecule has 1 aromatic rings. The highest BCUT2D eigenvalue weighted by atomic mass is 28.4. The van der Waals surface area contributed by atoms with Crippen LogP contribution in [-0.2, 0) is 6.42 Å². The summed E-state index contributed by atoms with van der Waals surface area (Å²) in [4.78, 5) is 11.8. The van der Waals surface area contributed by atoms with Crippen LogP contribution in [0.15, 0.2) is 18.2 Å². The standard InChI is InChI=1S/C13H18O2Si/c1-16(2,3)15-13-9-5-6-10-11(13)7-4-8-12(10)14/h5-6,9H,4,7-8H2,1-3H3. The van der Waals surface area contributed by atoms with E-state index in [0.29, 0.717) is 6.42 Å². The van der Waals surface area contributed by atoms with E-state index in [1.165, 1.54) is 0 Å². The molecule has 0 atom stereocenters. The van der Waals surface area contributed by atoms with Crippen LogP contribution in [-0.4, -0.2) is 14.1 Å². The predicted octanol–water partition coefficient (Wildman–Crippen LogP) is 3.42. The summed E-state index contributed by atoms with van der Waals surface area (Å²) < 4.78 is 6.04. The Bertz CT molecular complexity index is 418. The summed E-state index contributed by atoms with van der Waals surface area (Å²) in [5, 5.41) is 0. The van der Waals surface area contributed by atoms with Crippen molar-refractivity contribution in [2.24, 2.45) is 0 Å². The first-order valence-electron chi connectivity index (χ1n) is 5.81. The van der Waals surface area contributed by atoms with Crippen LogP contribution in [0.2, 0.25) is 19.6 Å². The minimum Gasteiger partial charge on any atom is -0.544 e. The molecule has 0 heterocycles. The van der Waals surface area contributed by atoms with Crippen LogP contribution in [0.4, 0.5) is 0 Å². The molecule has 0 unspecified atom stereocenters. The second-order valence-corrected chi connectivity index (χ2v) is 9.70. The zero-order chi connectivity index (χ0) is 11.8. The Hall–Kier alpha value is -1.09. The summed E-state index contributed by atoms with van der Waals surface area (Å²) in [5.74, 6) is 1.20. The van der Waals surface area contributed by atoms with E-state index >= 15 is 0 Å². The van der Waals surface area contributed by atoms with E-state index in [9.17, 15) is 4.79 Å². The van der Waals surface area contributed by atoms with Gasteiger partial charge < -0.3 is 4.43 Å². The van der Waals surface area contributed by atoms with Gasteiger partial charge in [0.15, 0.2) is 5.78 Å². The molecule has 0 N–H and O–H groups in total. The zero-order valence-electron chi connectivity index (χ0n) is 10.2. The number of hydrogen-bond acceptors (Lipinski definition) is 2. The van der Waals surface area contributed by atoms with Gasteiger partial charge in [-0.05, 0) is 38.5 Å². The first-order chi connectivity index (χ1) is 7.47. The largest absolute Gasteiger partial charge is 0.544 e. The van der Waals surface area contributed by atoms with Gasteiger partial charge in [0, 0.05) is 17.5 Å². The fourth-order valence-corrected chi connectivity index (χ4v) is 2.92. The summed E-state index contributed by atoms with van der Waals surface area (Å²) in [7, 11) is -1.59. The number of rotatable bonds is 2. The molecular formula is C13H18O2Si. The number of hydrogen-bond donors (Lipinski definition) is 0. The van der Waals surface area contributed by atoms with Crippen molar-refractivity contribution in [3.63, 3.8) is 0 Å². The van der Waals surface area contributed by atoms with Gasteiger partial charge in [0.2, 0.25) is 8.32 Å². The van der Waals surface area contributed by atoms with Crippen molar-refractivity contribution in [2.45, 2.75) is 38.9 Å². The smallest absolute Gasteiger partial charge is 0.242 e. The second-order valence-electron chi connectivity index (χ2n) is 5.27. The van der Waals surface area contributed by atoms with E-state index in [4.69, 9.17) is 4.43 Å². The molecule has 3 heteroatoms. The maximum Gasteiger partial charge on any atom is 0.242 e. The Morgan fingerprint density at radius 1 is 1.19 bits per heavy atom. The molecule has 0 amide bonds. The molecule has 1 aliphatic rings. The second kappa shape index (κ2) is 4.05. The Labute approximate surface area is 97.8 Å². The minimum absolute atomic E-state index is 0.266. The van der Waals surface area contributed by atoms with Gasteiger partial charge in [-0.25, -0.2) is 0 Å². The van der Waals surface area contributed by atoms with Crippen LogP contribution in [0.1, 0.15) is 28.8 Å². The van der Waals surface area contributed by atoms with Gasteiger partial charge in [-0.2, -0.15) is 0 Å². The number of Topliss-reactive ketones (excluding diaryl/α,β-unsaturated/α-hetero) is 1. The average Bonchev–Trinajstić information content (AvgIpc) is 2.17. The SMILES string of the molecule is C[Si](C)(C)Oc1cccc2c1CCCC2=O. The van der Waals surface area contributed by atoms with Gasteiger partial charge in [0.25, 0.3) is 0 Å². The summed E-state index contributed by atoms with van der Waals surface area (Å²) in [6, 6.07) is 5.85. The van der Waals surface area contributed by atoms with Crippen LogP contribution in [0.5, 0.6) is 5.75 Å². The molecule has 1 aromatic carbocycles. The summed E-state index contributed by atoms with van der Waals surface area (Å²) >= 11 is 0. The lowest BCUT2D eigenvalue weighted by atomic mass is 9.90. The van der Waals surface area contributed by atoms with Crippen molar-refractivity contribution in [3.05, 3.63) is 29.3 Å². The van der Waals surface area contributed by atoms with Gasteiger partial charge in [-0.1, -0.05) is 12.1 Å². The predicted molar refractivity (Wildman–Crippen MR) is 67.7 cm³/mol. The van der Waals surface area contributed by atoms with E-state index in [-0.39, 0.29) is 5.78 Å². The molecule has 16 heavy (non-hydrogen) atoms. The average molecular weight is 234 g/mol. The molecule has 2 nitrogen and oxygen atoms in total. The highest BCUT2D eigenvalue weighted by Crippen LogP contribution is 2.30. The molecule has 0 fully saturated rings. The molecule has 1 aliphatic carbocycles. The molecule has 2 rings (SSSR count). The topological polar surface area (TPSA) is 26.3 Å². The number of carbonyl (C=O) groups is 1. The van der Waals surface area contributed by atoms with Crippen molar-refractivity contribution in [1.29, 1.82) is 0 Å². The number of carbonyl (C=O) groups excluding carboxylic acids is 1. The molecule has 0 spiro atoms. The van der Waals surface area contributed by atoms with Crippen LogP contribution < -0.4 is 4.43 Å². The maximum absolute atomic E-state index is 11.8. The number of ketones is 1. The van der Waals surface area contributed by atoms with Crippen LogP contribution >= 0.6 is 0 Å². The Morgan fingerprint density at radius 3 is 2.62 bits per heavy atom. The lowest BCUT2D eigenvalue weighted by Gasteiger charge is -2.24. The Balaban J connectivity index is 2.40. The third kappa shape index (κ3) is 2.35. The molecule has 0 aliphatic heterocycles. The van der Waals surface area contributed by atoms with Crippen molar-refractivity contribution < 1.29 is 9.22 Å². The van der Waals surface area contributed by atoms with E-state index in [0.717, 1.165) is 29.7 Å². The molecule has 0 radical (unpaired) electrons. The normalized spacial score (nSPS) is 15.8. The lowest BCUT2D eigenvalue weighted by molar-refractivity contribution is 0.0972. The molecular weight excluding hydrogens is 216 g/mol. The third-order valence-corrected chi connectivity index (χ3v) is 3.51. The fraction of sp³-hybridized carbons (Fsp3) is 0.462. The Morgan fingerprint density at radius 2 is 1.94 bits per heavy atom. The Kier molecular flexibility index (Phi) is 2.89.